The monoisotopic (exact) mass is 283 g/mol. The Morgan fingerprint density at radius 3 is 2.68 bits per heavy atom. The lowest BCUT2D eigenvalue weighted by atomic mass is 10.2. The van der Waals surface area contributed by atoms with E-state index in [9.17, 15) is 13.2 Å². The first kappa shape index (κ1) is 14.0. The summed E-state index contributed by atoms with van der Waals surface area (Å²) in [4.78, 5) is 11.1. The summed E-state index contributed by atoms with van der Waals surface area (Å²) in [5, 5.41) is 0. The zero-order valence-electron chi connectivity index (χ0n) is 10.4. The second-order valence-corrected chi connectivity index (χ2v) is 6.51. The van der Waals surface area contributed by atoms with Gasteiger partial charge in [0, 0.05) is 18.2 Å². The minimum atomic E-state index is -3.65. The smallest absolute Gasteiger partial charge is 0.248 e. The van der Waals surface area contributed by atoms with E-state index in [2.05, 4.69) is 4.72 Å². The maximum absolute atomic E-state index is 12.0. The average Bonchev–Trinajstić information content (AvgIpc) is 3.20. The SMILES string of the molecule is NC(=O)c1cccc(S(=O)(=O)NCC(N)C2CC2)c1. The second kappa shape index (κ2) is 5.28. The van der Waals surface area contributed by atoms with Crippen LogP contribution in [0.1, 0.15) is 23.2 Å². The van der Waals surface area contributed by atoms with E-state index in [0.29, 0.717) is 5.92 Å². The van der Waals surface area contributed by atoms with E-state index in [1.54, 1.807) is 0 Å². The van der Waals surface area contributed by atoms with Gasteiger partial charge in [-0.05, 0) is 37.0 Å². The Bertz CT molecular complexity index is 582. The van der Waals surface area contributed by atoms with Gasteiger partial charge in [0.05, 0.1) is 4.90 Å². The van der Waals surface area contributed by atoms with Gasteiger partial charge >= 0.3 is 0 Å². The van der Waals surface area contributed by atoms with Crippen LogP contribution in [-0.2, 0) is 10.0 Å². The van der Waals surface area contributed by atoms with Gasteiger partial charge in [0.1, 0.15) is 0 Å². The Labute approximate surface area is 112 Å². The van der Waals surface area contributed by atoms with Crippen molar-refractivity contribution in [2.45, 2.75) is 23.8 Å². The molecule has 1 aliphatic carbocycles. The molecule has 104 valence electrons. The van der Waals surface area contributed by atoms with E-state index in [4.69, 9.17) is 11.5 Å². The van der Waals surface area contributed by atoms with Gasteiger partial charge in [0.2, 0.25) is 15.9 Å². The molecule has 0 radical (unpaired) electrons. The molecule has 0 aromatic heterocycles. The van der Waals surface area contributed by atoms with E-state index in [1.165, 1.54) is 24.3 Å². The van der Waals surface area contributed by atoms with Gasteiger partial charge in [-0.25, -0.2) is 13.1 Å². The average molecular weight is 283 g/mol. The van der Waals surface area contributed by atoms with Crippen molar-refractivity contribution in [1.82, 2.24) is 4.72 Å². The molecule has 7 heteroatoms. The van der Waals surface area contributed by atoms with Crippen LogP contribution in [0.4, 0.5) is 0 Å². The standard InChI is InChI=1S/C12H17N3O3S/c13-11(8-4-5-8)7-15-19(17,18)10-3-1-2-9(6-10)12(14)16/h1-3,6,8,11,15H,4-5,7,13H2,(H2,14,16). The first-order valence-electron chi connectivity index (χ1n) is 6.05. The molecule has 1 aromatic carbocycles. The van der Waals surface area contributed by atoms with Gasteiger partial charge < -0.3 is 11.5 Å². The van der Waals surface area contributed by atoms with Gasteiger partial charge in [-0.15, -0.1) is 0 Å². The van der Waals surface area contributed by atoms with Crippen LogP contribution in [0.25, 0.3) is 0 Å². The first-order valence-corrected chi connectivity index (χ1v) is 7.53. The van der Waals surface area contributed by atoms with Crippen LogP contribution in [-0.4, -0.2) is 26.9 Å². The number of amides is 1. The van der Waals surface area contributed by atoms with Crippen molar-refractivity contribution in [3.8, 4) is 0 Å². The molecule has 1 aliphatic rings. The highest BCUT2D eigenvalue weighted by molar-refractivity contribution is 7.89. The molecule has 0 spiro atoms. The summed E-state index contributed by atoms with van der Waals surface area (Å²) >= 11 is 0. The summed E-state index contributed by atoms with van der Waals surface area (Å²) in [6.07, 6.45) is 2.11. The molecule has 0 bridgehead atoms. The molecule has 6 nitrogen and oxygen atoms in total. The minimum absolute atomic E-state index is 0.0202. The summed E-state index contributed by atoms with van der Waals surface area (Å²) in [6, 6.07) is 5.46. The largest absolute Gasteiger partial charge is 0.366 e. The van der Waals surface area contributed by atoms with Gasteiger partial charge in [0.25, 0.3) is 0 Å². The van der Waals surface area contributed by atoms with E-state index in [-0.39, 0.29) is 23.0 Å². The highest BCUT2D eigenvalue weighted by Crippen LogP contribution is 2.31. The summed E-state index contributed by atoms with van der Waals surface area (Å²) in [5.74, 6) is -0.244. The van der Waals surface area contributed by atoms with Gasteiger partial charge in [-0.3, -0.25) is 4.79 Å². The van der Waals surface area contributed by atoms with Crippen molar-refractivity contribution in [3.63, 3.8) is 0 Å². The summed E-state index contributed by atoms with van der Waals surface area (Å²) < 4.78 is 26.5. The molecular weight excluding hydrogens is 266 g/mol. The van der Waals surface area contributed by atoms with Gasteiger partial charge in [-0.2, -0.15) is 0 Å². The van der Waals surface area contributed by atoms with E-state index in [1.807, 2.05) is 0 Å². The van der Waals surface area contributed by atoms with E-state index in [0.717, 1.165) is 12.8 Å². The Balaban J connectivity index is 2.09. The third-order valence-corrected chi connectivity index (χ3v) is 4.59. The third kappa shape index (κ3) is 3.52. The molecular formula is C12H17N3O3S. The predicted molar refractivity (Wildman–Crippen MR) is 70.8 cm³/mol. The Morgan fingerprint density at radius 2 is 2.11 bits per heavy atom. The number of nitrogens with two attached hydrogens (primary N) is 2. The van der Waals surface area contributed by atoms with Crippen LogP contribution >= 0.6 is 0 Å². The van der Waals surface area contributed by atoms with Crippen LogP contribution in [0.15, 0.2) is 29.2 Å². The molecule has 0 saturated heterocycles. The van der Waals surface area contributed by atoms with Crippen LogP contribution < -0.4 is 16.2 Å². The van der Waals surface area contributed by atoms with Crippen molar-refractivity contribution >= 4 is 15.9 Å². The molecule has 1 aromatic rings. The molecule has 1 saturated carbocycles. The van der Waals surface area contributed by atoms with Gasteiger partial charge in [0.15, 0.2) is 0 Å². The molecule has 1 unspecified atom stereocenters. The van der Waals surface area contributed by atoms with Gasteiger partial charge in [-0.1, -0.05) is 6.07 Å². The second-order valence-electron chi connectivity index (χ2n) is 4.75. The van der Waals surface area contributed by atoms with E-state index < -0.39 is 15.9 Å². The number of carbonyl (C=O) groups excluding carboxylic acids is 1. The molecule has 1 atom stereocenters. The number of sulfonamides is 1. The summed E-state index contributed by atoms with van der Waals surface area (Å²) in [7, 11) is -3.65. The fraction of sp³-hybridized carbons (Fsp3) is 0.417. The molecule has 0 aliphatic heterocycles. The number of benzene rings is 1. The molecule has 1 amide bonds. The molecule has 0 heterocycles. The van der Waals surface area contributed by atoms with Crippen molar-refractivity contribution in [2.75, 3.05) is 6.54 Å². The number of rotatable bonds is 6. The highest BCUT2D eigenvalue weighted by Gasteiger charge is 2.29. The number of hydrogen-bond donors (Lipinski definition) is 3. The lowest BCUT2D eigenvalue weighted by Crippen LogP contribution is -2.38. The van der Waals surface area contributed by atoms with Crippen LogP contribution in [0, 0.1) is 5.92 Å². The van der Waals surface area contributed by atoms with Crippen molar-refractivity contribution in [3.05, 3.63) is 29.8 Å². The Kier molecular flexibility index (Phi) is 3.88. The third-order valence-electron chi connectivity index (χ3n) is 3.17. The molecule has 19 heavy (non-hydrogen) atoms. The highest BCUT2D eigenvalue weighted by atomic mass is 32.2. The topological polar surface area (TPSA) is 115 Å². The minimum Gasteiger partial charge on any atom is -0.366 e. The fourth-order valence-electron chi connectivity index (χ4n) is 1.80. The number of hydrogen-bond acceptors (Lipinski definition) is 4. The number of carbonyl (C=O) groups is 1. The Hall–Kier alpha value is -1.44. The molecule has 1 fully saturated rings. The fourth-order valence-corrected chi connectivity index (χ4v) is 2.92. The number of nitrogens with one attached hydrogen (secondary N) is 1. The zero-order valence-corrected chi connectivity index (χ0v) is 11.2. The predicted octanol–water partition coefficient (Wildman–Crippen LogP) is -0.199. The van der Waals surface area contributed by atoms with Crippen LogP contribution in [0.5, 0.6) is 0 Å². The van der Waals surface area contributed by atoms with Crippen LogP contribution in [0.2, 0.25) is 0 Å². The van der Waals surface area contributed by atoms with Crippen molar-refractivity contribution < 1.29 is 13.2 Å². The lowest BCUT2D eigenvalue weighted by Gasteiger charge is -2.12. The van der Waals surface area contributed by atoms with Crippen molar-refractivity contribution in [2.24, 2.45) is 17.4 Å². The van der Waals surface area contributed by atoms with E-state index >= 15 is 0 Å². The first-order chi connectivity index (χ1) is 8.90. The summed E-state index contributed by atoms with van der Waals surface area (Å²) in [5.41, 5.74) is 11.1. The summed E-state index contributed by atoms with van der Waals surface area (Å²) in [6.45, 7) is 0.202. The maximum atomic E-state index is 12.0. The number of primary amides is 1. The van der Waals surface area contributed by atoms with Crippen molar-refractivity contribution in [1.29, 1.82) is 0 Å². The lowest BCUT2D eigenvalue weighted by molar-refractivity contribution is 0.1000. The zero-order chi connectivity index (χ0) is 14.0. The molecule has 2 rings (SSSR count). The quantitative estimate of drug-likeness (QED) is 0.670. The van der Waals surface area contributed by atoms with Crippen LogP contribution in [0.3, 0.4) is 0 Å². The maximum Gasteiger partial charge on any atom is 0.248 e. The molecule has 5 N–H and O–H groups in total. The normalized spacial score (nSPS) is 17.1. The Morgan fingerprint density at radius 1 is 1.42 bits per heavy atom.